The lowest BCUT2D eigenvalue weighted by molar-refractivity contribution is -0.0437. The summed E-state index contributed by atoms with van der Waals surface area (Å²) in [6, 6.07) is 9.97. The van der Waals surface area contributed by atoms with Gasteiger partial charge in [-0.25, -0.2) is 0 Å². The van der Waals surface area contributed by atoms with Crippen LogP contribution in [0.1, 0.15) is 44.7 Å². The van der Waals surface area contributed by atoms with E-state index in [-0.39, 0.29) is 0 Å². The second kappa shape index (κ2) is 5.86. The third-order valence-electron chi connectivity index (χ3n) is 4.09. The van der Waals surface area contributed by atoms with Gasteiger partial charge < -0.3 is 10.1 Å². The molecule has 0 spiro atoms. The summed E-state index contributed by atoms with van der Waals surface area (Å²) in [5, 5.41) is 3.88. The third-order valence-corrected chi connectivity index (χ3v) is 5.22. The number of fused-ring (bicyclic) bond motifs is 1. The van der Waals surface area contributed by atoms with Crippen molar-refractivity contribution in [2.24, 2.45) is 0 Å². The average molecular weight is 277 g/mol. The zero-order chi connectivity index (χ0) is 13.2. The Morgan fingerprint density at radius 3 is 2.68 bits per heavy atom. The van der Waals surface area contributed by atoms with Crippen molar-refractivity contribution < 1.29 is 4.74 Å². The Labute approximate surface area is 120 Å². The van der Waals surface area contributed by atoms with Crippen molar-refractivity contribution in [3.63, 3.8) is 0 Å². The van der Waals surface area contributed by atoms with Crippen LogP contribution in [0, 0.1) is 0 Å². The topological polar surface area (TPSA) is 21.3 Å². The van der Waals surface area contributed by atoms with Crippen molar-refractivity contribution in [3.05, 3.63) is 29.8 Å². The van der Waals surface area contributed by atoms with Crippen LogP contribution in [0.3, 0.4) is 0 Å². The maximum absolute atomic E-state index is 5.83. The summed E-state index contributed by atoms with van der Waals surface area (Å²) in [6.07, 6.45) is 4.28. The first-order chi connectivity index (χ1) is 9.22. The normalized spacial score (nSPS) is 34.8. The molecule has 104 valence electrons. The zero-order valence-corrected chi connectivity index (χ0v) is 12.6. The van der Waals surface area contributed by atoms with Crippen molar-refractivity contribution in [2.45, 2.75) is 62.3 Å². The molecule has 19 heavy (non-hydrogen) atoms. The Kier molecular flexibility index (Phi) is 4.15. The molecule has 1 fully saturated rings. The molecule has 0 aliphatic carbocycles. The summed E-state index contributed by atoms with van der Waals surface area (Å²) in [5.74, 6) is 1.23. The van der Waals surface area contributed by atoms with E-state index in [0.29, 0.717) is 24.3 Å². The van der Waals surface area contributed by atoms with Gasteiger partial charge >= 0.3 is 0 Å². The molecule has 2 aliphatic heterocycles. The van der Waals surface area contributed by atoms with Gasteiger partial charge in [0.15, 0.2) is 0 Å². The second-order valence-corrected chi connectivity index (χ2v) is 6.96. The molecule has 3 unspecified atom stereocenters. The lowest BCUT2D eigenvalue weighted by Crippen LogP contribution is -2.43. The predicted molar refractivity (Wildman–Crippen MR) is 80.7 cm³/mol. The quantitative estimate of drug-likeness (QED) is 0.889. The number of ether oxygens (including phenoxy) is 1. The molecule has 0 saturated carbocycles. The summed E-state index contributed by atoms with van der Waals surface area (Å²) < 4.78 is 5.83. The number of hydrogen-bond donors (Lipinski definition) is 1. The minimum atomic E-state index is 0.384. The summed E-state index contributed by atoms with van der Waals surface area (Å²) in [7, 11) is 0. The highest BCUT2D eigenvalue weighted by Crippen LogP contribution is 2.36. The van der Waals surface area contributed by atoms with Gasteiger partial charge in [-0.15, -0.1) is 11.8 Å². The van der Waals surface area contributed by atoms with Crippen LogP contribution in [0.2, 0.25) is 0 Å². The van der Waals surface area contributed by atoms with Crippen LogP contribution in [0.4, 0.5) is 0 Å². The van der Waals surface area contributed by atoms with Crippen LogP contribution >= 0.6 is 11.8 Å². The molecule has 1 saturated heterocycles. The molecule has 0 amide bonds. The molecule has 1 aromatic carbocycles. The minimum absolute atomic E-state index is 0.384. The molecule has 0 radical (unpaired) electrons. The number of nitrogens with one attached hydrogen (secondary N) is 1. The van der Waals surface area contributed by atoms with Crippen LogP contribution in [0.5, 0.6) is 0 Å². The Morgan fingerprint density at radius 2 is 1.89 bits per heavy atom. The van der Waals surface area contributed by atoms with Gasteiger partial charge in [-0.3, -0.25) is 0 Å². The lowest BCUT2D eigenvalue weighted by Gasteiger charge is -2.36. The van der Waals surface area contributed by atoms with Gasteiger partial charge in [0.25, 0.3) is 0 Å². The van der Waals surface area contributed by atoms with Crippen molar-refractivity contribution in [1.82, 2.24) is 5.32 Å². The van der Waals surface area contributed by atoms with Crippen molar-refractivity contribution in [1.29, 1.82) is 0 Å². The van der Waals surface area contributed by atoms with E-state index in [2.05, 4.69) is 43.4 Å². The van der Waals surface area contributed by atoms with Crippen LogP contribution < -0.4 is 5.32 Å². The van der Waals surface area contributed by atoms with Gasteiger partial charge in [-0.1, -0.05) is 18.2 Å². The van der Waals surface area contributed by atoms with Crippen LogP contribution in [0.25, 0.3) is 0 Å². The number of rotatable bonds is 2. The van der Waals surface area contributed by atoms with E-state index in [1.165, 1.54) is 22.6 Å². The first-order valence-corrected chi connectivity index (χ1v) is 8.34. The maximum Gasteiger partial charge on any atom is 0.0565 e. The van der Waals surface area contributed by atoms with E-state index in [4.69, 9.17) is 4.74 Å². The molecule has 1 aromatic rings. The van der Waals surface area contributed by atoms with Gasteiger partial charge in [-0.2, -0.15) is 0 Å². The molecule has 0 aromatic heterocycles. The fraction of sp³-hybridized carbons (Fsp3) is 0.625. The summed E-state index contributed by atoms with van der Waals surface area (Å²) in [4.78, 5) is 1.46. The minimum Gasteiger partial charge on any atom is -0.375 e. The second-order valence-electron chi connectivity index (χ2n) is 5.82. The van der Waals surface area contributed by atoms with E-state index in [0.717, 1.165) is 12.8 Å². The zero-order valence-electron chi connectivity index (χ0n) is 11.8. The van der Waals surface area contributed by atoms with Gasteiger partial charge in [-0.05, 0) is 50.5 Å². The fourth-order valence-corrected chi connectivity index (χ4v) is 4.47. The van der Waals surface area contributed by atoms with Crippen LogP contribution in [-0.2, 0) is 4.74 Å². The molecule has 3 rings (SSSR count). The third kappa shape index (κ3) is 3.15. The first-order valence-electron chi connectivity index (χ1n) is 7.35. The monoisotopic (exact) mass is 277 g/mol. The fourth-order valence-electron chi connectivity index (χ4n) is 3.34. The Bertz CT molecular complexity index is 427. The van der Waals surface area contributed by atoms with Gasteiger partial charge in [0.05, 0.1) is 12.2 Å². The smallest absolute Gasteiger partial charge is 0.0565 e. The Morgan fingerprint density at radius 1 is 1.16 bits per heavy atom. The van der Waals surface area contributed by atoms with E-state index >= 15 is 0 Å². The first kappa shape index (κ1) is 13.5. The lowest BCUT2D eigenvalue weighted by atomic mass is 9.96. The van der Waals surface area contributed by atoms with E-state index in [1.807, 2.05) is 11.8 Å². The largest absolute Gasteiger partial charge is 0.375 e. The highest BCUT2D eigenvalue weighted by molar-refractivity contribution is 7.99. The number of benzene rings is 1. The van der Waals surface area contributed by atoms with E-state index in [1.54, 1.807) is 0 Å². The molecule has 2 nitrogen and oxygen atoms in total. The predicted octanol–water partition coefficient (Wildman–Crippen LogP) is 3.77. The number of thioether (sulfide) groups is 1. The average Bonchev–Trinajstić information content (AvgIpc) is 2.38. The van der Waals surface area contributed by atoms with E-state index in [9.17, 15) is 0 Å². The summed E-state index contributed by atoms with van der Waals surface area (Å²) >= 11 is 1.99. The highest BCUT2D eigenvalue weighted by atomic mass is 32.2. The standard InChI is InChI=1S/C16H23NOS/c1-11-9-13(10-12(2)18-11)17-15-7-8-19-16-6-4-3-5-14(15)16/h3-6,11-13,15,17H,7-10H2,1-2H3. The molecule has 1 N–H and O–H groups in total. The highest BCUT2D eigenvalue weighted by Gasteiger charge is 2.28. The van der Waals surface area contributed by atoms with Gasteiger partial charge in [0, 0.05) is 17.0 Å². The summed E-state index contributed by atoms with van der Waals surface area (Å²) in [6.45, 7) is 4.38. The molecule has 2 heterocycles. The Balaban J connectivity index is 1.70. The van der Waals surface area contributed by atoms with Gasteiger partial charge in [0.1, 0.15) is 0 Å². The molecule has 3 heteroatoms. The molecule has 0 bridgehead atoms. The molecule has 2 aliphatic rings. The van der Waals surface area contributed by atoms with Crippen molar-refractivity contribution >= 4 is 11.8 Å². The van der Waals surface area contributed by atoms with Crippen LogP contribution in [0.15, 0.2) is 29.2 Å². The number of hydrogen-bond acceptors (Lipinski definition) is 3. The van der Waals surface area contributed by atoms with Crippen molar-refractivity contribution in [2.75, 3.05) is 5.75 Å². The van der Waals surface area contributed by atoms with Gasteiger partial charge in [0.2, 0.25) is 0 Å². The maximum atomic E-state index is 5.83. The molecule has 3 atom stereocenters. The van der Waals surface area contributed by atoms with E-state index < -0.39 is 0 Å². The molecular formula is C16H23NOS. The van der Waals surface area contributed by atoms with Crippen LogP contribution in [-0.4, -0.2) is 24.0 Å². The molecular weight excluding hydrogens is 254 g/mol. The Hall–Kier alpha value is -0.510. The SMILES string of the molecule is CC1CC(NC2CCSc3ccccc32)CC(C)O1. The summed E-state index contributed by atoms with van der Waals surface area (Å²) in [5.41, 5.74) is 1.49. The van der Waals surface area contributed by atoms with Crippen molar-refractivity contribution in [3.8, 4) is 0 Å².